The normalized spacial score (nSPS) is 19.6. The van der Waals surface area contributed by atoms with E-state index in [1.54, 1.807) is 4.90 Å². The molecule has 0 N–H and O–H groups in total. The summed E-state index contributed by atoms with van der Waals surface area (Å²) >= 11 is 10.2. The monoisotopic (exact) mass is 513 g/mol. The van der Waals surface area contributed by atoms with Gasteiger partial charge in [-0.2, -0.15) is 0 Å². The van der Waals surface area contributed by atoms with E-state index in [9.17, 15) is 4.79 Å². The maximum absolute atomic E-state index is 12.5. The second-order valence-corrected chi connectivity index (χ2v) is 15.6. The smallest absolute Gasteiger partial charge is 0.410 e. The number of nitrogens with zero attached hydrogens (tertiary/aromatic N) is 3. The maximum Gasteiger partial charge on any atom is 0.410 e. The standard InChI is InChI=1S/C21H29BrClN3O3Si/c1-21(2,3)29-20(27)26-9-8-25-12-16-19(28-13-14(25)11-26)18(23)17(22)15(24-16)7-10-30(4,5)6/h14H,8-9,11-13H2,1-6H3/t14-/m1/s1. The molecule has 1 atom stereocenters. The molecule has 30 heavy (non-hydrogen) atoms. The average molecular weight is 515 g/mol. The van der Waals surface area contributed by atoms with Gasteiger partial charge in [0.15, 0.2) is 5.75 Å². The molecule has 6 nitrogen and oxygen atoms in total. The molecule has 164 valence electrons. The maximum atomic E-state index is 12.5. The fourth-order valence-corrected chi connectivity index (χ4v) is 4.39. The van der Waals surface area contributed by atoms with Crippen LogP contribution in [-0.2, 0) is 11.3 Å². The van der Waals surface area contributed by atoms with E-state index in [0.29, 0.717) is 47.2 Å². The van der Waals surface area contributed by atoms with Crippen molar-refractivity contribution in [2.24, 2.45) is 0 Å². The first-order chi connectivity index (χ1) is 13.8. The average Bonchev–Trinajstić information content (AvgIpc) is 2.80. The summed E-state index contributed by atoms with van der Waals surface area (Å²) in [5.41, 5.74) is 4.27. The highest BCUT2D eigenvalue weighted by Gasteiger charge is 2.35. The van der Waals surface area contributed by atoms with Crippen molar-refractivity contribution in [1.29, 1.82) is 0 Å². The van der Waals surface area contributed by atoms with Crippen LogP contribution in [0, 0.1) is 11.5 Å². The van der Waals surface area contributed by atoms with E-state index in [2.05, 4.69) is 51.9 Å². The van der Waals surface area contributed by atoms with Crippen molar-refractivity contribution in [3.05, 3.63) is 20.9 Å². The molecule has 0 unspecified atom stereocenters. The van der Waals surface area contributed by atoms with E-state index in [1.165, 1.54) is 0 Å². The summed E-state index contributed by atoms with van der Waals surface area (Å²) in [4.78, 5) is 21.3. The third kappa shape index (κ3) is 5.70. The van der Waals surface area contributed by atoms with E-state index in [-0.39, 0.29) is 12.1 Å². The van der Waals surface area contributed by atoms with Crippen molar-refractivity contribution >= 4 is 41.7 Å². The second kappa shape index (κ2) is 8.70. The summed E-state index contributed by atoms with van der Waals surface area (Å²) in [5, 5.41) is 0.503. The summed E-state index contributed by atoms with van der Waals surface area (Å²) < 4.78 is 12.3. The van der Waals surface area contributed by atoms with Gasteiger partial charge in [-0.05, 0) is 36.7 Å². The summed E-state index contributed by atoms with van der Waals surface area (Å²) in [6, 6.07) is 0.0480. The van der Waals surface area contributed by atoms with Crippen molar-refractivity contribution in [2.45, 2.75) is 58.6 Å². The Bertz CT molecular complexity index is 902. The highest BCUT2D eigenvalue weighted by molar-refractivity contribution is 9.10. The van der Waals surface area contributed by atoms with Crippen molar-refractivity contribution < 1.29 is 14.3 Å². The SMILES string of the molecule is CC(C)(C)OC(=O)N1CCN2Cc3nc(C#C[Si](C)(C)C)c(Br)c(Cl)c3OC[C@H]2C1. The quantitative estimate of drug-likeness (QED) is 0.376. The van der Waals surface area contributed by atoms with Gasteiger partial charge in [-0.1, -0.05) is 37.2 Å². The number of pyridine rings is 1. The number of piperazine rings is 1. The zero-order valence-corrected chi connectivity index (χ0v) is 21.8. The Labute approximate surface area is 193 Å². The lowest BCUT2D eigenvalue weighted by molar-refractivity contribution is -0.00164. The van der Waals surface area contributed by atoms with Crippen LogP contribution in [0.2, 0.25) is 24.7 Å². The molecule has 0 aliphatic carbocycles. The molecule has 1 aromatic rings. The van der Waals surface area contributed by atoms with Crippen molar-refractivity contribution in [3.8, 4) is 17.2 Å². The zero-order chi connectivity index (χ0) is 22.3. The fraction of sp³-hybridized carbons (Fsp3) is 0.619. The Hall–Kier alpha value is -1.27. The number of carbonyl (C=O) groups excluding carboxylic acids is 1. The molecule has 1 aromatic heterocycles. The van der Waals surface area contributed by atoms with Crippen LogP contribution in [0.3, 0.4) is 0 Å². The highest BCUT2D eigenvalue weighted by Crippen LogP contribution is 2.38. The number of rotatable bonds is 0. The molecule has 0 radical (unpaired) electrons. The molecule has 0 saturated carbocycles. The van der Waals surface area contributed by atoms with Crippen molar-refractivity contribution in [1.82, 2.24) is 14.8 Å². The van der Waals surface area contributed by atoms with Crippen LogP contribution in [-0.4, -0.2) is 66.8 Å². The molecule has 1 saturated heterocycles. The minimum Gasteiger partial charge on any atom is -0.488 e. The number of aromatic nitrogens is 1. The lowest BCUT2D eigenvalue weighted by atomic mass is 10.1. The fourth-order valence-electron chi connectivity index (χ4n) is 3.27. The first-order valence-corrected chi connectivity index (χ1v) is 14.8. The number of hydrogen-bond donors (Lipinski definition) is 0. The Morgan fingerprint density at radius 1 is 1.33 bits per heavy atom. The molecule has 1 fully saturated rings. The second-order valence-electron chi connectivity index (χ2n) is 9.73. The van der Waals surface area contributed by atoms with Gasteiger partial charge in [0.2, 0.25) is 0 Å². The lowest BCUT2D eigenvalue weighted by Crippen LogP contribution is -2.56. The molecule has 0 spiro atoms. The first kappa shape index (κ1) is 23.4. The number of ether oxygens (including phenoxy) is 2. The summed E-state index contributed by atoms with van der Waals surface area (Å²) in [5.74, 6) is 3.80. The van der Waals surface area contributed by atoms with E-state index in [1.807, 2.05) is 20.8 Å². The number of hydrogen-bond acceptors (Lipinski definition) is 5. The van der Waals surface area contributed by atoms with Gasteiger partial charge in [0.05, 0.1) is 16.2 Å². The zero-order valence-electron chi connectivity index (χ0n) is 18.4. The molecule has 9 heteroatoms. The third-order valence-electron chi connectivity index (χ3n) is 4.69. The summed E-state index contributed by atoms with van der Waals surface area (Å²) in [7, 11) is -1.55. The Morgan fingerprint density at radius 3 is 2.67 bits per heavy atom. The highest BCUT2D eigenvalue weighted by atomic mass is 79.9. The minimum atomic E-state index is -1.55. The molecule has 3 heterocycles. The first-order valence-electron chi connectivity index (χ1n) is 10.1. The molecule has 2 aliphatic rings. The van der Waals surface area contributed by atoms with Crippen LogP contribution < -0.4 is 4.74 Å². The van der Waals surface area contributed by atoms with E-state index >= 15 is 0 Å². The minimum absolute atomic E-state index is 0.0480. The van der Waals surface area contributed by atoms with Crippen LogP contribution in [0.25, 0.3) is 0 Å². The Kier molecular flexibility index (Phi) is 6.78. The van der Waals surface area contributed by atoms with Crippen molar-refractivity contribution in [3.63, 3.8) is 0 Å². The predicted octanol–water partition coefficient (Wildman–Crippen LogP) is 4.54. The number of amides is 1. The summed E-state index contributed by atoms with van der Waals surface area (Å²) in [6.45, 7) is 15.1. The molecule has 0 aromatic carbocycles. The van der Waals surface area contributed by atoms with E-state index < -0.39 is 13.7 Å². The number of fused-ring (bicyclic) bond motifs is 2. The van der Waals surface area contributed by atoms with Gasteiger partial charge in [-0.15, -0.1) is 5.54 Å². The number of carbonyl (C=O) groups is 1. The number of halogens is 2. The van der Waals surface area contributed by atoms with Gasteiger partial charge in [0.1, 0.15) is 31.0 Å². The van der Waals surface area contributed by atoms with Crippen LogP contribution in [0.4, 0.5) is 4.79 Å². The molecular weight excluding hydrogens is 486 g/mol. The third-order valence-corrected chi connectivity index (χ3v) is 6.93. The predicted molar refractivity (Wildman–Crippen MR) is 125 cm³/mol. The van der Waals surface area contributed by atoms with Crippen molar-refractivity contribution in [2.75, 3.05) is 26.2 Å². The van der Waals surface area contributed by atoms with Crippen LogP contribution >= 0.6 is 27.5 Å². The molecule has 3 rings (SSSR count). The largest absolute Gasteiger partial charge is 0.488 e. The van der Waals surface area contributed by atoms with E-state index in [0.717, 1.165) is 12.2 Å². The van der Waals surface area contributed by atoms with Gasteiger partial charge < -0.3 is 14.4 Å². The van der Waals surface area contributed by atoms with Gasteiger partial charge in [0, 0.05) is 26.2 Å². The van der Waals surface area contributed by atoms with Crippen LogP contribution in [0.5, 0.6) is 5.75 Å². The molecule has 0 bridgehead atoms. The van der Waals surface area contributed by atoms with Gasteiger partial charge in [-0.25, -0.2) is 9.78 Å². The molecule has 1 amide bonds. The van der Waals surface area contributed by atoms with Gasteiger partial charge in [-0.3, -0.25) is 4.90 Å². The van der Waals surface area contributed by atoms with Crippen LogP contribution in [0.1, 0.15) is 32.2 Å². The van der Waals surface area contributed by atoms with Crippen LogP contribution in [0.15, 0.2) is 4.47 Å². The Balaban J connectivity index is 1.81. The summed E-state index contributed by atoms with van der Waals surface area (Å²) in [6.07, 6.45) is -0.285. The lowest BCUT2D eigenvalue weighted by Gasteiger charge is -2.40. The Morgan fingerprint density at radius 2 is 2.03 bits per heavy atom. The molecule has 2 aliphatic heterocycles. The topological polar surface area (TPSA) is 54.9 Å². The molecular formula is C21H29BrClN3O3Si. The van der Waals surface area contributed by atoms with Gasteiger partial charge >= 0.3 is 6.09 Å². The van der Waals surface area contributed by atoms with Gasteiger partial charge in [0.25, 0.3) is 0 Å². The van der Waals surface area contributed by atoms with E-state index in [4.69, 9.17) is 26.1 Å².